The Morgan fingerprint density at radius 3 is 2.62 bits per heavy atom. The molecule has 0 saturated carbocycles. The van der Waals surface area contributed by atoms with Crippen LogP contribution in [-0.2, 0) is 0 Å². The van der Waals surface area contributed by atoms with Crippen molar-refractivity contribution in [3.8, 4) is 11.3 Å². The monoisotopic (exact) mass is 558 g/mol. The first-order valence-electron chi connectivity index (χ1n) is 12.8. The molecule has 2 heterocycles. The minimum atomic E-state index is -2.73. The van der Waals surface area contributed by atoms with E-state index in [1.54, 1.807) is 17.8 Å². The van der Waals surface area contributed by atoms with Gasteiger partial charge in [0.2, 0.25) is 0 Å². The van der Waals surface area contributed by atoms with Crippen molar-refractivity contribution in [2.45, 2.75) is 31.7 Å². The SMILES string of the molecule is O=C(NCCCCC(N=C([O-])c1cncs1)c1ncc(-c2ccc3ccccc3c2)[nH]1)c1ccccc1C(F)F. The highest BCUT2D eigenvalue weighted by Crippen LogP contribution is 2.28. The maximum atomic E-state index is 13.2. The van der Waals surface area contributed by atoms with Crippen LogP contribution in [-0.4, -0.2) is 33.3 Å². The van der Waals surface area contributed by atoms with Gasteiger partial charge in [0.05, 0.1) is 22.3 Å². The molecule has 1 amide bonds. The summed E-state index contributed by atoms with van der Waals surface area (Å²) in [6.07, 6.45) is 2.18. The van der Waals surface area contributed by atoms with Crippen LogP contribution in [0.4, 0.5) is 8.78 Å². The molecule has 5 aromatic rings. The molecule has 1 atom stereocenters. The summed E-state index contributed by atoms with van der Waals surface area (Å²) in [5, 5.41) is 17.7. The van der Waals surface area contributed by atoms with Gasteiger partial charge in [-0.1, -0.05) is 54.6 Å². The Morgan fingerprint density at radius 1 is 1.02 bits per heavy atom. The van der Waals surface area contributed by atoms with Crippen LogP contribution >= 0.6 is 11.3 Å². The van der Waals surface area contributed by atoms with E-state index in [2.05, 4.69) is 37.4 Å². The number of aromatic nitrogens is 3. The molecule has 1 unspecified atom stereocenters. The number of fused-ring (bicyclic) bond motifs is 1. The van der Waals surface area contributed by atoms with Gasteiger partial charge in [-0.3, -0.25) is 14.8 Å². The normalized spacial score (nSPS) is 12.6. The van der Waals surface area contributed by atoms with E-state index in [9.17, 15) is 18.7 Å². The van der Waals surface area contributed by atoms with E-state index in [1.165, 1.54) is 35.7 Å². The first-order valence-corrected chi connectivity index (χ1v) is 13.7. The minimum Gasteiger partial charge on any atom is -0.858 e. The lowest BCUT2D eigenvalue weighted by Crippen LogP contribution is -2.25. The zero-order valence-corrected chi connectivity index (χ0v) is 22.2. The Labute approximate surface area is 233 Å². The van der Waals surface area contributed by atoms with Gasteiger partial charge >= 0.3 is 0 Å². The second kappa shape index (κ2) is 12.6. The Kier molecular flexibility index (Phi) is 8.56. The molecule has 2 N–H and O–H groups in total. The summed E-state index contributed by atoms with van der Waals surface area (Å²) < 4.78 is 26.5. The number of aliphatic imine (C=N–C) groups is 1. The van der Waals surface area contributed by atoms with E-state index in [1.807, 2.05) is 30.3 Å². The van der Waals surface area contributed by atoms with Gasteiger partial charge in [-0.2, -0.15) is 0 Å². The van der Waals surface area contributed by atoms with E-state index in [0.717, 1.165) is 22.0 Å². The van der Waals surface area contributed by atoms with Crippen molar-refractivity contribution in [1.29, 1.82) is 0 Å². The topological polar surface area (TPSA) is 106 Å². The quantitative estimate of drug-likeness (QED) is 0.117. The molecule has 0 radical (unpaired) electrons. The van der Waals surface area contributed by atoms with E-state index < -0.39 is 18.4 Å². The fourth-order valence-corrected chi connectivity index (χ4v) is 4.96. The van der Waals surface area contributed by atoms with Crippen molar-refractivity contribution < 1.29 is 18.7 Å². The summed E-state index contributed by atoms with van der Waals surface area (Å²) in [6.45, 7) is 0.298. The van der Waals surface area contributed by atoms with Gasteiger partial charge < -0.3 is 15.4 Å². The number of carbonyl (C=O) groups is 1. The molecule has 2 aromatic heterocycles. The third kappa shape index (κ3) is 6.40. The summed E-state index contributed by atoms with van der Waals surface area (Å²) in [6, 6.07) is 19.4. The van der Waals surface area contributed by atoms with Crippen LogP contribution in [0.15, 0.2) is 89.6 Å². The number of aromatic amines is 1. The summed E-state index contributed by atoms with van der Waals surface area (Å²) in [7, 11) is 0. The van der Waals surface area contributed by atoms with E-state index in [0.29, 0.717) is 36.5 Å². The number of nitrogens with zero attached hydrogens (tertiary/aromatic N) is 3. The molecular formula is C30H26F2N5O2S-. The van der Waals surface area contributed by atoms with Gasteiger partial charge in [-0.05, 0) is 42.2 Å². The van der Waals surface area contributed by atoms with E-state index in [-0.39, 0.29) is 17.0 Å². The van der Waals surface area contributed by atoms with Gasteiger partial charge in [0.15, 0.2) is 0 Å². The fourth-order valence-electron chi connectivity index (χ4n) is 4.45. The molecule has 7 nitrogen and oxygen atoms in total. The highest BCUT2D eigenvalue weighted by atomic mass is 32.1. The summed E-state index contributed by atoms with van der Waals surface area (Å²) in [4.78, 5) is 29.2. The second-order valence-corrected chi connectivity index (χ2v) is 10.1. The maximum Gasteiger partial charge on any atom is 0.264 e. The molecule has 0 spiro atoms. The number of imidazole rings is 1. The molecular weight excluding hydrogens is 532 g/mol. The zero-order chi connectivity index (χ0) is 27.9. The number of amides is 1. The maximum absolute atomic E-state index is 13.2. The smallest absolute Gasteiger partial charge is 0.264 e. The Balaban J connectivity index is 1.26. The second-order valence-electron chi connectivity index (χ2n) is 9.20. The first kappa shape index (κ1) is 27.1. The number of H-pyrrole nitrogens is 1. The highest BCUT2D eigenvalue weighted by molar-refractivity contribution is 7.11. The molecule has 0 aliphatic rings. The van der Waals surface area contributed by atoms with Gasteiger partial charge in [0.1, 0.15) is 11.9 Å². The Bertz CT molecular complexity index is 1620. The number of halogens is 2. The summed E-state index contributed by atoms with van der Waals surface area (Å²) in [5.41, 5.74) is 3.04. The number of nitrogens with one attached hydrogen (secondary N) is 2. The molecule has 3 aromatic carbocycles. The van der Waals surface area contributed by atoms with Crippen molar-refractivity contribution in [2.24, 2.45) is 4.99 Å². The lowest BCUT2D eigenvalue weighted by molar-refractivity contribution is -0.213. The summed E-state index contributed by atoms with van der Waals surface area (Å²) in [5.74, 6) is -0.340. The predicted octanol–water partition coefficient (Wildman–Crippen LogP) is 6.07. The third-order valence-electron chi connectivity index (χ3n) is 6.52. The van der Waals surface area contributed by atoms with Crippen LogP contribution in [0.1, 0.15) is 58.4 Å². The zero-order valence-electron chi connectivity index (χ0n) is 21.4. The summed E-state index contributed by atoms with van der Waals surface area (Å²) >= 11 is 1.22. The number of carbonyl (C=O) groups excluding carboxylic acids is 1. The molecule has 0 aliphatic carbocycles. The number of hydrogen-bond acceptors (Lipinski definition) is 6. The molecule has 0 saturated heterocycles. The van der Waals surface area contributed by atoms with Crippen molar-refractivity contribution in [3.05, 3.63) is 106 Å². The minimum absolute atomic E-state index is 0.0302. The first-order chi connectivity index (χ1) is 19.5. The van der Waals surface area contributed by atoms with Gasteiger partial charge in [-0.25, -0.2) is 13.8 Å². The van der Waals surface area contributed by atoms with Gasteiger partial charge in [-0.15, -0.1) is 11.3 Å². The van der Waals surface area contributed by atoms with Crippen LogP contribution in [0.25, 0.3) is 22.0 Å². The van der Waals surface area contributed by atoms with Crippen LogP contribution in [0.3, 0.4) is 0 Å². The van der Waals surface area contributed by atoms with E-state index >= 15 is 0 Å². The number of alkyl halides is 2. The molecule has 0 fully saturated rings. The highest BCUT2D eigenvalue weighted by Gasteiger charge is 2.18. The largest absolute Gasteiger partial charge is 0.858 e. The number of rotatable bonds is 11. The van der Waals surface area contributed by atoms with Crippen molar-refractivity contribution >= 4 is 33.9 Å². The average molecular weight is 559 g/mol. The third-order valence-corrected chi connectivity index (χ3v) is 7.28. The van der Waals surface area contributed by atoms with Crippen LogP contribution < -0.4 is 10.4 Å². The van der Waals surface area contributed by atoms with Crippen LogP contribution in [0.2, 0.25) is 0 Å². The number of unbranched alkanes of at least 4 members (excludes halogenated alkanes) is 1. The van der Waals surface area contributed by atoms with Gasteiger partial charge in [0, 0.05) is 35.3 Å². The molecule has 5 rings (SSSR count). The molecule has 0 aliphatic heterocycles. The lowest BCUT2D eigenvalue weighted by atomic mass is 10.1. The van der Waals surface area contributed by atoms with Gasteiger partial charge in [0.25, 0.3) is 12.3 Å². The van der Waals surface area contributed by atoms with Crippen LogP contribution in [0.5, 0.6) is 0 Å². The molecule has 40 heavy (non-hydrogen) atoms. The molecule has 0 bridgehead atoms. The Hall–Kier alpha value is -4.44. The predicted molar refractivity (Wildman–Crippen MR) is 151 cm³/mol. The number of thiazole rings is 1. The molecule has 204 valence electrons. The standard InChI is InChI=1S/C30H27F2N5O2S/c31-27(32)22-9-3-4-10-23(22)29(38)34-14-6-5-11-24(37-30(39)26-17-33-18-40-26)28-35-16-25(36-28)21-13-12-19-7-1-2-8-20(19)15-21/h1-4,7-10,12-13,15-18,24,27H,5-6,11,14H2,(H,34,38)(H,35,36)(H,37,39)/p-1. The van der Waals surface area contributed by atoms with Crippen molar-refractivity contribution in [3.63, 3.8) is 0 Å². The Morgan fingerprint density at radius 2 is 1.82 bits per heavy atom. The fraction of sp³-hybridized carbons (Fsp3) is 0.200. The number of hydrogen-bond donors (Lipinski definition) is 2. The van der Waals surface area contributed by atoms with Crippen molar-refractivity contribution in [2.75, 3.05) is 6.54 Å². The van der Waals surface area contributed by atoms with Crippen LogP contribution in [0, 0.1) is 0 Å². The van der Waals surface area contributed by atoms with Crippen molar-refractivity contribution in [1.82, 2.24) is 20.3 Å². The average Bonchev–Trinajstić information content (AvgIpc) is 3.69. The molecule has 10 heteroatoms. The van der Waals surface area contributed by atoms with E-state index in [4.69, 9.17) is 0 Å². The lowest BCUT2D eigenvalue weighted by Gasteiger charge is -2.16. The number of benzene rings is 3.